The molecule has 3 rings (SSSR count). The van der Waals surface area contributed by atoms with E-state index in [1.807, 2.05) is 6.07 Å². The van der Waals surface area contributed by atoms with Crippen LogP contribution in [0.2, 0.25) is 5.02 Å². The van der Waals surface area contributed by atoms with Gasteiger partial charge in [-0.3, -0.25) is 19.7 Å². The number of benzene rings is 1. The van der Waals surface area contributed by atoms with Crippen LogP contribution < -0.4 is 11.1 Å². The van der Waals surface area contributed by atoms with E-state index < -0.39 is 11.1 Å². The molecule has 0 bridgehead atoms. The van der Waals surface area contributed by atoms with Crippen LogP contribution in [0.15, 0.2) is 33.9 Å². The molecule has 0 atom stereocenters. The third-order valence-electron chi connectivity index (χ3n) is 3.90. The molecule has 0 saturated carbocycles. The van der Waals surface area contributed by atoms with Crippen LogP contribution in [0, 0.1) is 18.3 Å². The fraction of sp³-hybridized carbons (Fsp3) is 0.176. The summed E-state index contributed by atoms with van der Waals surface area (Å²) in [5, 5.41) is 21.7. The van der Waals surface area contributed by atoms with Gasteiger partial charge in [-0.25, -0.2) is 4.98 Å². The van der Waals surface area contributed by atoms with Gasteiger partial charge in [0.1, 0.15) is 11.6 Å². The van der Waals surface area contributed by atoms with Crippen LogP contribution in [0.1, 0.15) is 16.8 Å². The Morgan fingerprint density at radius 1 is 1.31 bits per heavy atom. The summed E-state index contributed by atoms with van der Waals surface area (Å²) in [5.41, 5.74) is 0.368. The zero-order chi connectivity index (χ0) is 18.8. The number of aromatic amines is 2. The summed E-state index contributed by atoms with van der Waals surface area (Å²) in [6, 6.07) is 8.34. The maximum Gasteiger partial charge on any atom is 0.277 e. The summed E-state index contributed by atoms with van der Waals surface area (Å²) < 4.78 is 1.09. The van der Waals surface area contributed by atoms with Crippen LogP contribution in [-0.4, -0.2) is 31.5 Å². The van der Waals surface area contributed by atoms with Gasteiger partial charge < -0.3 is 5.11 Å². The Bertz CT molecular complexity index is 1120. The fourth-order valence-corrected chi connectivity index (χ4v) is 2.75. The van der Waals surface area contributed by atoms with E-state index in [1.54, 1.807) is 31.2 Å². The monoisotopic (exact) mass is 371 g/mol. The molecule has 9 heteroatoms. The second-order valence-electron chi connectivity index (χ2n) is 5.56. The van der Waals surface area contributed by atoms with Crippen molar-refractivity contribution in [2.24, 2.45) is 0 Å². The number of aryl methyl sites for hydroxylation is 1. The predicted octanol–water partition coefficient (Wildman–Crippen LogP) is 1.28. The van der Waals surface area contributed by atoms with Crippen molar-refractivity contribution < 1.29 is 5.11 Å². The lowest BCUT2D eigenvalue weighted by Gasteiger charge is -2.07. The van der Waals surface area contributed by atoms with Crippen molar-refractivity contribution in [3.63, 3.8) is 0 Å². The molecule has 0 radical (unpaired) electrons. The molecule has 0 aliphatic heterocycles. The summed E-state index contributed by atoms with van der Waals surface area (Å²) in [6.07, 6.45) is 0.179. The molecule has 2 heterocycles. The molecule has 0 aliphatic rings. The molecule has 132 valence electrons. The molecule has 0 saturated heterocycles. The third kappa shape index (κ3) is 3.06. The molecular formula is C17H14ClN5O3. The maximum absolute atomic E-state index is 12.5. The highest BCUT2D eigenvalue weighted by atomic mass is 35.5. The van der Waals surface area contributed by atoms with E-state index in [4.69, 9.17) is 16.7 Å². The van der Waals surface area contributed by atoms with Gasteiger partial charge in [-0.2, -0.15) is 9.94 Å². The first-order valence-corrected chi connectivity index (χ1v) is 8.06. The molecular weight excluding hydrogens is 358 g/mol. The van der Waals surface area contributed by atoms with Crippen molar-refractivity contribution in [3.05, 3.63) is 66.8 Å². The number of halogens is 1. The van der Waals surface area contributed by atoms with E-state index in [0.29, 0.717) is 21.8 Å². The molecule has 2 aromatic heterocycles. The SMILES string of the molecule is Cc1[nH]n(-c2nc(-c3ccc(Cl)cc3)c(C#N)c(=O)[nH]2)c(=O)c1CCO. The smallest absolute Gasteiger partial charge is 0.277 e. The number of aliphatic hydroxyl groups excluding tert-OH is 1. The standard InChI is InChI=1S/C17H14ClN5O3/c1-9-12(6-7-24)16(26)23(22-9)17-20-14(13(8-19)15(25)21-17)10-2-4-11(18)5-3-10/h2-5,22,24H,6-7H2,1H3,(H,20,21,25). The molecule has 3 N–H and O–H groups in total. The highest BCUT2D eigenvalue weighted by Gasteiger charge is 2.18. The molecule has 0 aliphatic carbocycles. The van der Waals surface area contributed by atoms with Gasteiger partial charge in [-0.15, -0.1) is 0 Å². The first-order chi connectivity index (χ1) is 12.5. The van der Waals surface area contributed by atoms with Crippen molar-refractivity contribution in [3.8, 4) is 23.3 Å². The molecule has 3 aromatic rings. The lowest BCUT2D eigenvalue weighted by Crippen LogP contribution is -2.25. The van der Waals surface area contributed by atoms with Gasteiger partial charge in [0.2, 0.25) is 5.95 Å². The van der Waals surface area contributed by atoms with E-state index in [9.17, 15) is 14.9 Å². The van der Waals surface area contributed by atoms with Gasteiger partial charge >= 0.3 is 0 Å². The Kier molecular flexibility index (Phi) is 4.75. The summed E-state index contributed by atoms with van der Waals surface area (Å²) in [6.45, 7) is 1.51. The predicted molar refractivity (Wildman–Crippen MR) is 95.5 cm³/mol. The number of nitrogens with zero attached hydrogens (tertiary/aromatic N) is 3. The normalized spacial score (nSPS) is 10.7. The van der Waals surface area contributed by atoms with E-state index >= 15 is 0 Å². The number of H-pyrrole nitrogens is 2. The lowest BCUT2D eigenvalue weighted by atomic mass is 10.1. The van der Waals surface area contributed by atoms with Gasteiger partial charge in [-0.1, -0.05) is 23.7 Å². The number of aromatic nitrogens is 4. The number of nitriles is 1. The minimum atomic E-state index is -0.662. The average Bonchev–Trinajstić information content (AvgIpc) is 2.90. The molecule has 0 amide bonds. The fourth-order valence-electron chi connectivity index (χ4n) is 2.62. The minimum Gasteiger partial charge on any atom is -0.396 e. The van der Waals surface area contributed by atoms with Gasteiger partial charge in [0.15, 0.2) is 0 Å². The first kappa shape index (κ1) is 17.7. The van der Waals surface area contributed by atoms with Crippen molar-refractivity contribution in [1.82, 2.24) is 19.7 Å². The largest absolute Gasteiger partial charge is 0.396 e. The van der Waals surface area contributed by atoms with Crippen molar-refractivity contribution in [2.45, 2.75) is 13.3 Å². The average molecular weight is 372 g/mol. The number of aliphatic hydroxyl groups is 1. The molecule has 26 heavy (non-hydrogen) atoms. The minimum absolute atomic E-state index is 0.0451. The van der Waals surface area contributed by atoms with Crippen LogP contribution in [0.4, 0.5) is 0 Å². The Hall–Kier alpha value is -3.15. The summed E-state index contributed by atoms with van der Waals surface area (Å²) in [4.78, 5) is 31.6. The van der Waals surface area contributed by atoms with Crippen LogP contribution >= 0.6 is 11.6 Å². The summed E-state index contributed by atoms with van der Waals surface area (Å²) in [7, 11) is 0. The Balaban J connectivity index is 2.24. The zero-order valence-electron chi connectivity index (χ0n) is 13.7. The lowest BCUT2D eigenvalue weighted by molar-refractivity contribution is 0.299. The third-order valence-corrected chi connectivity index (χ3v) is 4.16. The highest BCUT2D eigenvalue weighted by molar-refractivity contribution is 6.30. The van der Waals surface area contributed by atoms with E-state index in [0.717, 1.165) is 4.68 Å². The molecule has 0 unspecified atom stereocenters. The second kappa shape index (κ2) is 7.00. The van der Waals surface area contributed by atoms with Gasteiger partial charge in [0, 0.05) is 34.9 Å². The quantitative estimate of drug-likeness (QED) is 0.636. The van der Waals surface area contributed by atoms with Gasteiger partial charge in [0.05, 0.1) is 5.69 Å². The number of rotatable bonds is 4. The molecule has 0 fully saturated rings. The van der Waals surface area contributed by atoms with Gasteiger partial charge in [0.25, 0.3) is 11.1 Å². The Labute approximate surface area is 152 Å². The Morgan fingerprint density at radius 2 is 2.00 bits per heavy atom. The number of nitrogens with one attached hydrogen (secondary N) is 2. The summed E-state index contributed by atoms with van der Waals surface area (Å²) >= 11 is 5.88. The van der Waals surface area contributed by atoms with Gasteiger partial charge in [-0.05, 0) is 19.1 Å². The zero-order valence-corrected chi connectivity index (χ0v) is 14.5. The van der Waals surface area contributed by atoms with Crippen LogP contribution in [-0.2, 0) is 6.42 Å². The summed E-state index contributed by atoms with van der Waals surface area (Å²) in [5.74, 6) is -0.0451. The maximum atomic E-state index is 12.5. The van der Waals surface area contributed by atoms with E-state index in [2.05, 4.69) is 15.1 Å². The first-order valence-electron chi connectivity index (χ1n) is 7.68. The topological polar surface area (TPSA) is 128 Å². The molecule has 0 spiro atoms. The number of hydrogen-bond acceptors (Lipinski definition) is 5. The van der Waals surface area contributed by atoms with Crippen LogP contribution in [0.5, 0.6) is 0 Å². The number of hydrogen-bond donors (Lipinski definition) is 3. The second-order valence-corrected chi connectivity index (χ2v) is 6.00. The van der Waals surface area contributed by atoms with Crippen molar-refractivity contribution in [1.29, 1.82) is 5.26 Å². The van der Waals surface area contributed by atoms with Crippen molar-refractivity contribution >= 4 is 11.6 Å². The van der Waals surface area contributed by atoms with Crippen LogP contribution in [0.3, 0.4) is 0 Å². The van der Waals surface area contributed by atoms with Crippen molar-refractivity contribution in [2.75, 3.05) is 6.61 Å². The molecule has 1 aromatic carbocycles. The Morgan fingerprint density at radius 3 is 2.62 bits per heavy atom. The highest BCUT2D eigenvalue weighted by Crippen LogP contribution is 2.21. The van der Waals surface area contributed by atoms with E-state index in [1.165, 1.54) is 0 Å². The van der Waals surface area contributed by atoms with E-state index in [-0.39, 0.29) is 30.2 Å². The molecule has 8 nitrogen and oxygen atoms in total. The van der Waals surface area contributed by atoms with Crippen LogP contribution in [0.25, 0.3) is 17.2 Å².